The minimum Gasteiger partial charge on any atom is -0.443 e. The minimum absolute atomic E-state index is 0.235. The van der Waals surface area contributed by atoms with Gasteiger partial charge in [-0.2, -0.15) is 18.3 Å². The Balaban J connectivity index is 1.40. The molecule has 0 atom stereocenters. The molecule has 0 saturated heterocycles. The summed E-state index contributed by atoms with van der Waals surface area (Å²) in [5, 5.41) is 9.04. The summed E-state index contributed by atoms with van der Waals surface area (Å²) >= 11 is 0. The summed E-state index contributed by atoms with van der Waals surface area (Å²) in [6, 6.07) is 7.54. The summed E-state index contributed by atoms with van der Waals surface area (Å²) in [5.41, 5.74) is 8.26. The van der Waals surface area contributed by atoms with Gasteiger partial charge in [0.2, 0.25) is 0 Å². The molecule has 0 saturated carbocycles. The number of hydrogen-bond donors (Lipinski definition) is 3. The molecular weight excluding hydrogens is 465 g/mol. The molecule has 10 nitrogen and oxygen atoms in total. The van der Waals surface area contributed by atoms with E-state index in [1.165, 1.54) is 12.7 Å². The van der Waals surface area contributed by atoms with Crippen LogP contribution in [0.4, 0.5) is 35.3 Å². The highest BCUT2D eigenvalue weighted by Crippen LogP contribution is 2.38. The Morgan fingerprint density at radius 1 is 1.09 bits per heavy atom. The largest absolute Gasteiger partial charge is 0.443 e. The average Bonchev–Trinajstić information content (AvgIpc) is 3.48. The van der Waals surface area contributed by atoms with Crippen molar-refractivity contribution in [3.63, 3.8) is 0 Å². The lowest BCUT2D eigenvalue weighted by molar-refractivity contribution is -0.137. The molecule has 0 unspecified atom stereocenters. The van der Waals surface area contributed by atoms with Crippen LogP contribution in [-0.4, -0.2) is 30.6 Å². The van der Waals surface area contributed by atoms with Gasteiger partial charge in [0.15, 0.2) is 18.0 Å². The van der Waals surface area contributed by atoms with E-state index in [2.05, 4.69) is 30.7 Å². The van der Waals surface area contributed by atoms with Gasteiger partial charge in [0, 0.05) is 29.2 Å². The van der Waals surface area contributed by atoms with E-state index in [-0.39, 0.29) is 11.6 Å². The topological polar surface area (TPSA) is 136 Å². The number of amides is 2. The number of nitrogens with two attached hydrogens (primary N) is 1. The van der Waals surface area contributed by atoms with Gasteiger partial charge in [-0.1, -0.05) is 12.1 Å². The van der Waals surface area contributed by atoms with Gasteiger partial charge >= 0.3 is 12.2 Å². The predicted octanol–water partition coefficient (Wildman–Crippen LogP) is 4.69. The monoisotopic (exact) mass is 480 g/mol. The van der Waals surface area contributed by atoms with Gasteiger partial charge in [-0.15, -0.1) is 0 Å². The zero-order valence-electron chi connectivity index (χ0n) is 17.6. The molecule has 35 heavy (non-hydrogen) atoms. The Kier molecular flexibility index (Phi) is 5.28. The van der Waals surface area contributed by atoms with Crippen LogP contribution in [0.1, 0.15) is 5.56 Å². The number of nitrogens with one attached hydrogen (secondary N) is 2. The second-order valence-electron chi connectivity index (χ2n) is 7.31. The average molecular weight is 480 g/mol. The molecule has 4 N–H and O–H groups in total. The third kappa shape index (κ3) is 4.34. The van der Waals surface area contributed by atoms with Crippen molar-refractivity contribution in [1.29, 1.82) is 0 Å². The molecule has 4 heterocycles. The third-order valence-corrected chi connectivity index (χ3v) is 5.06. The molecule has 0 spiro atoms. The number of halogens is 3. The highest BCUT2D eigenvalue weighted by molar-refractivity contribution is 6.00. The fourth-order valence-corrected chi connectivity index (χ4v) is 3.54. The van der Waals surface area contributed by atoms with Crippen molar-refractivity contribution in [1.82, 2.24) is 24.6 Å². The third-order valence-electron chi connectivity index (χ3n) is 5.06. The number of pyridine rings is 1. The van der Waals surface area contributed by atoms with Crippen molar-refractivity contribution < 1.29 is 22.4 Å². The van der Waals surface area contributed by atoms with Gasteiger partial charge < -0.3 is 15.5 Å². The maximum atomic E-state index is 12.9. The number of fused-ring (bicyclic) bond motifs is 1. The molecule has 0 aliphatic rings. The maximum absolute atomic E-state index is 12.9. The number of carbonyl (C=O) groups excluding carboxylic acids is 1. The zero-order valence-corrected chi connectivity index (χ0v) is 17.6. The number of rotatable bonds is 4. The number of hydrogen-bond acceptors (Lipinski definition) is 7. The molecule has 176 valence electrons. The van der Waals surface area contributed by atoms with Crippen molar-refractivity contribution >= 4 is 28.9 Å². The smallest absolute Gasteiger partial charge is 0.416 e. The Bertz CT molecular complexity index is 1510. The first-order chi connectivity index (χ1) is 16.8. The van der Waals surface area contributed by atoms with E-state index in [4.69, 9.17) is 10.2 Å². The lowest BCUT2D eigenvalue weighted by Crippen LogP contribution is -2.20. The molecule has 4 aromatic heterocycles. The maximum Gasteiger partial charge on any atom is 0.416 e. The van der Waals surface area contributed by atoms with Gasteiger partial charge in [0.25, 0.3) is 0 Å². The number of alkyl halides is 3. The normalized spacial score (nSPS) is 11.5. The Hall–Kier alpha value is -4.94. The lowest BCUT2D eigenvalue weighted by atomic mass is 10.0. The SMILES string of the molecule is Nc1ncnn2cc(-c3cnco3)c(-c3ccc(NC(=O)Nc4cc(C(F)(F)F)ccn4)cc3)c12. The van der Waals surface area contributed by atoms with Crippen LogP contribution in [0.5, 0.6) is 0 Å². The van der Waals surface area contributed by atoms with Crippen LogP contribution in [0.3, 0.4) is 0 Å². The van der Waals surface area contributed by atoms with Crippen LogP contribution in [0, 0.1) is 0 Å². The number of anilines is 3. The molecule has 0 aliphatic carbocycles. The first-order valence-corrected chi connectivity index (χ1v) is 10.0. The number of oxazole rings is 1. The van der Waals surface area contributed by atoms with Gasteiger partial charge in [-0.3, -0.25) is 5.32 Å². The van der Waals surface area contributed by atoms with Crippen LogP contribution in [0.15, 0.2) is 72.1 Å². The fraction of sp³-hybridized carbons (Fsp3) is 0.0455. The molecule has 5 rings (SSSR count). The molecule has 0 bridgehead atoms. The summed E-state index contributed by atoms with van der Waals surface area (Å²) in [4.78, 5) is 24.1. The number of nitrogens with zero attached hydrogens (tertiary/aromatic N) is 5. The van der Waals surface area contributed by atoms with E-state index in [9.17, 15) is 18.0 Å². The molecule has 0 fully saturated rings. The highest BCUT2D eigenvalue weighted by Gasteiger charge is 2.30. The minimum atomic E-state index is -4.55. The molecule has 1 aromatic carbocycles. The fourth-order valence-electron chi connectivity index (χ4n) is 3.54. The van der Waals surface area contributed by atoms with Crippen LogP contribution in [-0.2, 0) is 6.18 Å². The number of nitrogen functional groups attached to an aromatic ring is 1. The molecule has 5 aromatic rings. The summed E-state index contributed by atoms with van der Waals surface area (Å²) < 4.78 is 45.6. The van der Waals surface area contributed by atoms with Crippen LogP contribution in [0.2, 0.25) is 0 Å². The van der Waals surface area contributed by atoms with E-state index in [1.54, 1.807) is 41.2 Å². The second-order valence-corrected chi connectivity index (χ2v) is 7.31. The summed E-state index contributed by atoms with van der Waals surface area (Å²) in [6.45, 7) is 0. The van der Waals surface area contributed by atoms with Crippen molar-refractivity contribution in [3.8, 4) is 22.5 Å². The van der Waals surface area contributed by atoms with Gasteiger partial charge in [0.1, 0.15) is 17.7 Å². The Morgan fingerprint density at radius 2 is 1.89 bits per heavy atom. The van der Waals surface area contributed by atoms with Crippen LogP contribution < -0.4 is 16.4 Å². The van der Waals surface area contributed by atoms with E-state index in [1.807, 2.05) is 0 Å². The lowest BCUT2D eigenvalue weighted by Gasteiger charge is -2.10. The Labute approximate surface area is 194 Å². The van der Waals surface area contributed by atoms with E-state index in [0.717, 1.165) is 23.9 Å². The zero-order chi connectivity index (χ0) is 24.6. The van der Waals surface area contributed by atoms with Crippen LogP contribution >= 0.6 is 0 Å². The van der Waals surface area contributed by atoms with Crippen molar-refractivity contribution in [2.24, 2.45) is 0 Å². The molecule has 2 amide bonds. The Morgan fingerprint density at radius 3 is 2.60 bits per heavy atom. The molecule has 0 radical (unpaired) electrons. The highest BCUT2D eigenvalue weighted by atomic mass is 19.4. The predicted molar refractivity (Wildman–Crippen MR) is 120 cm³/mol. The molecular formula is C22H15F3N8O2. The van der Waals surface area contributed by atoms with E-state index < -0.39 is 17.8 Å². The van der Waals surface area contributed by atoms with Crippen molar-refractivity contribution in [2.75, 3.05) is 16.4 Å². The van der Waals surface area contributed by atoms with Gasteiger partial charge in [0.05, 0.1) is 11.8 Å². The summed E-state index contributed by atoms with van der Waals surface area (Å²) in [6.07, 6.45) is 2.36. The van der Waals surface area contributed by atoms with Crippen molar-refractivity contribution in [3.05, 3.63) is 73.3 Å². The first-order valence-electron chi connectivity index (χ1n) is 10.0. The van der Waals surface area contributed by atoms with E-state index in [0.29, 0.717) is 28.1 Å². The van der Waals surface area contributed by atoms with Gasteiger partial charge in [-0.05, 0) is 29.8 Å². The standard InChI is InChI=1S/C22H15F3N8O2/c23-22(24,25)13-5-6-28-17(7-13)32-21(34)31-14-3-1-12(2-4-14)18-15(16-8-27-11-35-16)9-33-19(18)20(26)29-10-30-33/h1-11H,(H2,26,29,30)(H2,28,31,32,34). The molecule has 0 aliphatic heterocycles. The van der Waals surface area contributed by atoms with Gasteiger partial charge in [-0.25, -0.2) is 24.3 Å². The molecule has 13 heteroatoms. The number of benzene rings is 1. The van der Waals surface area contributed by atoms with Crippen molar-refractivity contribution in [2.45, 2.75) is 6.18 Å². The summed E-state index contributed by atoms with van der Waals surface area (Å²) in [5.74, 6) is 0.525. The second kappa shape index (κ2) is 8.44. The number of carbonyl (C=O) groups is 1. The van der Waals surface area contributed by atoms with Crippen LogP contribution in [0.25, 0.3) is 28.0 Å². The quantitative estimate of drug-likeness (QED) is 0.339. The first kappa shape index (κ1) is 21.9. The number of aromatic nitrogens is 5. The summed E-state index contributed by atoms with van der Waals surface area (Å²) in [7, 11) is 0. The van der Waals surface area contributed by atoms with E-state index >= 15 is 0 Å². The number of urea groups is 1.